The number of methoxy groups -OCH3 is 1. The van der Waals surface area contributed by atoms with Gasteiger partial charge in [0.15, 0.2) is 0 Å². The van der Waals surface area contributed by atoms with Crippen LogP contribution in [0.3, 0.4) is 0 Å². The number of morpholine rings is 1. The van der Waals surface area contributed by atoms with Gasteiger partial charge in [0.1, 0.15) is 5.75 Å². The van der Waals surface area contributed by atoms with Crippen LogP contribution >= 0.6 is 0 Å². The van der Waals surface area contributed by atoms with Gasteiger partial charge in [0.2, 0.25) is 5.91 Å². The number of carbonyl (C=O) groups excluding carboxylic acids is 1. The SMILES string of the molecule is COc1cc(N2CCOCC2)ccc1/C=N\NC(=O)Cc1ccccc1. The van der Waals surface area contributed by atoms with Crippen molar-refractivity contribution in [2.24, 2.45) is 5.10 Å². The maximum absolute atomic E-state index is 11.9. The van der Waals surface area contributed by atoms with Crippen LogP contribution in [0.2, 0.25) is 0 Å². The first-order valence-electron chi connectivity index (χ1n) is 8.63. The number of hydrogen-bond donors (Lipinski definition) is 1. The van der Waals surface area contributed by atoms with Crippen molar-refractivity contribution in [3.8, 4) is 5.75 Å². The summed E-state index contributed by atoms with van der Waals surface area (Å²) in [6.45, 7) is 3.20. The zero-order valence-corrected chi connectivity index (χ0v) is 14.9. The Hall–Kier alpha value is -2.86. The standard InChI is InChI=1S/C20H23N3O3/c1-25-19-14-18(23-9-11-26-12-10-23)8-7-17(19)15-21-22-20(24)13-16-5-3-2-4-6-16/h2-8,14-15H,9-13H2,1H3,(H,22,24)/b21-15-. The van der Waals surface area contributed by atoms with E-state index < -0.39 is 0 Å². The largest absolute Gasteiger partial charge is 0.496 e. The van der Waals surface area contributed by atoms with Crippen molar-refractivity contribution in [3.63, 3.8) is 0 Å². The number of ether oxygens (including phenoxy) is 2. The van der Waals surface area contributed by atoms with Crippen molar-refractivity contribution < 1.29 is 14.3 Å². The Morgan fingerprint density at radius 3 is 2.73 bits per heavy atom. The fourth-order valence-corrected chi connectivity index (χ4v) is 2.82. The van der Waals surface area contributed by atoms with Crippen LogP contribution in [0, 0.1) is 0 Å². The molecule has 2 aromatic rings. The first-order chi connectivity index (χ1) is 12.8. The van der Waals surface area contributed by atoms with Crippen LogP contribution in [0.5, 0.6) is 5.75 Å². The molecule has 0 radical (unpaired) electrons. The van der Waals surface area contributed by atoms with Crippen LogP contribution in [-0.4, -0.2) is 45.5 Å². The Balaban J connectivity index is 1.61. The second kappa shape index (κ2) is 9.01. The van der Waals surface area contributed by atoms with E-state index in [1.807, 2.05) is 48.5 Å². The molecule has 0 aromatic heterocycles. The number of benzene rings is 2. The van der Waals surface area contributed by atoms with E-state index in [2.05, 4.69) is 15.4 Å². The normalized spacial score (nSPS) is 14.4. The molecule has 0 spiro atoms. The number of carbonyl (C=O) groups is 1. The molecule has 1 heterocycles. The molecule has 3 rings (SSSR count). The zero-order chi connectivity index (χ0) is 18.2. The highest BCUT2D eigenvalue weighted by Crippen LogP contribution is 2.25. The van der Waals surface area contributed by atoms with E-state index in [1.54, 1.807) is 13.3 Å². The summed E-state index contributed by atoms with van der Waals surface area (Å²) in [4.78, 5) is 14.2. The molecule has 6 nitrogen and oxygen atoms in total. The predicted molar refractivity (Wildman–Crippen MR) is 102 cm³/mol. The summed E-state index contributed by atoms with van der Waals surface area (Å²) in [6.07, 6.45) is 1.90. The summed E-state index contributed by atoms with van der Waals surface area (Å²) >= 11 is 0. The van der Waals surface area contributed by atoms with Gasteiger partial charge in [-0.25, -0.2) is 5.43 Å². The lowest BCUT2D eigenvalue weighted by Crippen LogP contribution is -2.36. The van der Waals surface area contributed by atoms with E-state index in [4.69, 9.17) is 9.47 Å². The highest BCUT2D eigenvalue weighted by atomic mass is 16.5. The number of amides is 1. The van der Waals surface area contributed by atoms with Gasteiger partial charge in [-0.1, -0.05) is 30.3 Å². The Morgan fingerprint density at radius 2 is 2.00 bits per heavy atom. The average Bonchev–Trinajstić information content (AvgIpc) is 2.69. The van der Waals surface area contributed by atoms with Crippen molar-refractivity contribution >= 4 is 17.8 Å². The molecule has 136 valence electrons. The quantitative estimate of drug-likeness (QED) is 0.639. The highest BCUT2D eigenvalue weighted by Gasteiger charge is 2.13. The topological polar surface area (TPSA) is 63.2 Å². The van der Waals surface area contributed by atoms with Gasteiger partial charge in [0.05, 0.1) is 33.0 Å². The number of nitrogens with one attached hydrogen (secondary N) is 1. The molecule has 0 atom stereocenters. The van der Waals surface area contributed by atoms with Gasteiger partial charge in [-0.05, 0) is 17.7 Å². The summed E-state index contributed by atoms with van der Waals surface area (Å²) in [5.41, 5.74) is 5.41. The molecule has 26 heavy (non-hydrogen) atoms. The van der Waals surface area contributed by atoms with Crippen LogP contribution < -0.4 is 15.1 Å². The number of nitrogens with zero attached hydrogens (tertiary/aromatic N) is 2. The van der Waals surface area contributed by atoms with Gasteiger partial charge in [-0.15, -0.1) is 0 Å². The Kier molecular flexibility index (Phi) is 6.22. The first kappa shape index (κ1) is 17.9. The first-order valence-corrected chi connectivity index (χ1v) is 8.63. The second-order valence-electron chi connectivity index (χ2n) is 5.98. The summed E-state index contributed by atoms with van der Waals surface area (Å²) in [6, 6.07) is 15.5. The van der Waals surface area contributed by atoms with Crippen LogP contribution in [-0.2, 0) is 16.0 Å². The van der Waals surface area contributed by atoms with Gasteiger partial charge in [-0.2, -0.15) is 5.10 Å². The molecule has 0 saturated carbocycles. The smallest absolute Gasteiger partial charge is 0.244 e. The minimum Gasteiger partial charge on any atom is -0.496 e. The molecular weight excluding hydrogens is 330 g/mol. The zero-order valence-electron chi connectivity index (χ0n) is 14.9. The summed E-state index contributed by atoms with van der Waals surface area (Å²) in [7, 11) is 1.63. The third kappa shape index (κ3) is 4.83. The van der Waals surface area contributed by atoms with Crippen LogP contribution in [0.1, 0.15) is 11.1 Å². The molecule has 0 unspecified atom stereocenters. The highest BCUT2D eigenvalue weighted by molar-refractivity contribution is 5.86. The van der Waals surface area contributed by atoms with Gasteiger partial charge in [0, 0.05) is 30.4 Å². The lowest BCUT2D eigenvalue weighted by molar-refractivity contribution is -0.120. The Bertz CT molecular complexity index is 756. The molecule has 0 aliphatic carbocycles. The molecule has 1 fully saturated rings. The van der Waals surface area contributed by atoms with Crippen LogP contribution in [0.15, 0.2) is 53.6 Å². The molecule has 1 saturated heterocycles. The molecule has 0 bridgehead atoms. The van der Waals surface area contributed by atoms with E-state index in [9.17, 15) is 4.79 Å². The van der Waals surface area contributed by atoms with E-state index >= 15 is 0 Å². The van der Waals surface area contributed by atoms with E-state index in [0.717, 1.165) is 48.9 Å². The minimum absolute atomic E-state index is 0.156. The van der Waals surface area contributed by atoms with E-state index in [0.29, 0.717) is 6.42 Å². The second-order valence-corrected chi connectivity index (χ2v) is 5.98. The molecule has 1 aliphatic rings. The molecule has 1 N–H and O–H groups in total. The van der Waals surface area contributed by atoms with Crippen LogP contribution in [0.25, 0.3) is 0 Å². The molecule has 6 heteroatoms. The van der Waals surface area contributed by atoms with Crippen molar-refractivity contribution in [1.29, 1.82) is 0 Å². The maximum atomic E-state index is 11.9. The van der Waals surface area contributed by atoms with Crippen molar-refractivity contribution in [1.82, 2.24) is 5.43 Å². The third-order valence-electron chi connectivity index (χ3n) is 4.19. The fourth-order valence-electron chi connectivity index (χ4n) is 2.82. The predicted octanol–water partition coefficient (Wildman–Crippen LogP) is 2.22. The van der Waals surface area contributed by atoms with Crippen LogP contribution in [0.4, 0.5) is 5.69 Å². The van der Waals surface area contributed by atoms with E-state index in [1.165, 1.54) is 0 Å². The maximum Gasteiger partial charge on any atom is 0.244 e. The number of hydrogen-bond acceptors (Lipinski definition) is 5. The number of anilines is 1. The average molecular weight is 353 g/mol. The molecule has 2 aromatic carbocycles. The number of hydrazone groups is 1. The summed E-state index contributed by atoms with van der Waals surface area (Å²) in [5, 5.41) is 4.05. The molecule has 1 aliphatic heterocycles. The van der Waals surface area contributed by atoms with Gasteiger partial charge >= 0.3 is 0 Å². The van der Waals surface area contributed by atoms with Gasteiger partial charge < -0.3 is 14.4 Å². The lowest BCUT2D eigenvalue weighted by Gasteiger charge is -2.29. The third-order valence-corrected chi connectivity index (χ3v) is 4.19. The van der Waals surface area contributed by atoms with Crippen molar-refractivity contribution in [2.45, 2.75) is 6.42 Å². The van der Waals surface area contributed by atoms with Crippen molar-refractivity contribution in [2.75, 3.05) is 38.3 Å². The Morgan fingerprint density at radius 1 is 1.23 bits per heavy atom. The summed E-state index contributed by atoms with van der Waals surface area (Å²) < 4.78 is 10.9. The van der Waals surface area contributed by atoms with Crippen molar-refractivity contribution in [3.05, 3.63) is 59.7 Å². The molecule has 1 amide bonds. The lowest BCUT2D eigenvalue weighted by atomic mass is 10.1. The van der Waals surface area contributed by atoms with Gasteiger partial charge in [-0.3, -0.25) is 4.79 Å². The van der Waals surface area contributed by atoms with Gasteiger partial charge in [0.25, 0.3) is 0 Å². The number of rotatable bonds is 6. The summed E-state index contributed by atoms with van der Waals surface area (Å²) in [5.74, 6) is 0.561. The van der Waals surface area contributed by atoms with E-state index in [-0.39, 0.29) is 5.91 Å². The Labute approximate surface area is 153 Å². The molecular formula is C20H23N3O3. The minimum atomic E-state index is -0.156. The monoisotopic (exact) mass is 353 g/mol. The fraction of sp³-hybridized carbons (Fsp3) is 0.300.